The zero-order chi connectivity index (χ0) is 14.1. The SMILES string of the molecule is CC(C)(C)c1ccc(O)c(-n2n3c4ccccc4n23)c1. The van der Waals surface area contributed by atoms with Gasteiger partial charge in [0.25, 0.3) is 0 Å². The van der Waals surface area contributed by atoms with Crippen molar-refractivity contribution >= 4 is 11.0 Å². The van der Waals surface area contributed by atoms with Crippen LogP contribution in [0.3, 0.4) is 0 Å². The summed E-state index contributed by atoms with van der Waals surface area (Å²) in [7, 11) is 0. The fraction of sp³-hybridized carbons (Fsp3) is 0.250. The fourth-order valence-corrected chi connectivity index (χ4v) is 2.65. The zero-order valence-electron chi connectivity index (χ0n) is 11.8. The van der Waals surface area contributed by atoms with Crippen LogP contribution >= 0.6 is 0 Å². The largest absolute Gasteiger partial charge is 0.506 e. The van der Waals surface area contributed by atoms with Crippen LogP contribution in [-0.2, 0) is 5.41 Å². The Bertz CT molecular complexity index is 859. The number of aromatic hydroxyl groups is 1. The van der Waals surface area contributed by atoms with Gasteiger partial charge in [-0.05, 0) is 35.2 Å². The van der Waals surface area contributed by atoms with Crippen LogP contribution in [0.2, 0.25) is 0 Å². The Balaban J connectivity index is 1.91. The molecule has 0 amide bonds. The van der Waals surface area contributed by atoms with E-state index in [1.165, 1.54) is 16.6 Å². The molecule has 4 heteroatoms. The molecule has 0 bridgehead atoms. The van der Waals surface area contributed by atoms with Crippen LogP contribution in [0.15, 0.2) is 42.5 Å². The molecule has 20 heavy (non-hydrogen) atoms. The standard InChI is InChI=1S/C16H17N3O/c1-16(2,3)11-8-9-15(20)14(10-11)19-17-12-6-4-5-7-13(12)18(17)19/h4-10,20H,1-3H3. The van der Waals surface area contributed by atoms with Gasteiger partial charge >= 0.3 is 0 Å². The second-order valence-electron chi connectivity index (χ2n) is 6.31. The molecule has 2 aromatic carbocycles. The van der Waals surface area contributed by atoms with Gasteiger partial charge in [-0.2, -0.15) is 0 Å². The number of rotatable bonds is 1. The summed E-state index contributed by atoms with van der Waals surface area (Å²) < 4.78 is 4.10. The number of para-hydroxylation sites is 2. The van der Waals surface area contributed by atoms with Crippen LogP contribution in [0.4, 0.5) is 0 Å². The van der Waals surface area contributed by atoms with Crippen LogP contribution in [0.1, 0.15) is 26.3 Å². The van der Waals surface area contributed by atoms with Gasteiger partial charge in [-0.15, -0.1) is 14.1 Å². The maximum Gasteiger partial charge on any atom is 0.143 e. The highest BCUT2D eigenvalue weighted by atomic mass is 16.3. The maximum absolute atomic E-state index is 10.2. The van der Waals surface area contributed by atoms with Gasteiger partial charge in [-0.1, -0.05) is 39.0 Å². The van der Waals surface area contributed by atoms with Crippen molar-refractivity contribution in [3.63, 3.8) is 0 Å². The number of phenolic OH excluding ortho intramolecular Hbond substituents is 1. The lowest BCUT2D eigenvalue weighted by atomic mass is 9.87. The first kappa shape index (κ1) is 11.5. The van der Waals surface area contributed by atoms with E-state index in [1.807, 2.05) is 23.0 Å². The van der Waals surface area contributed by atoms with E-state index in [9.17, 15) is 5.11 Å². The average molecular weight is 267 g/mol. The predicted molar refractivity (Wildman–Crippen MR) is 79.2 cm³/mol. The minimum Gasteiger partial charge on any atom is -0.506 e. The van der Waals surface area contributed by atoms with Gasteiger partial charge in [-0.3, -0.25) is 0 Å². The van der Waals surface area contributed by atoms with E-state index in [2.05, 4.69) is 48.2 Å². The molecule has 4 aromatic rings. The Labute approximate surface area is 116 Å². The Kier molecular flexibility index (Phi) is 1.94. The Morgan fingerprint density at radius 1 is 0.900 bits per heavy atom. The molecular weight excluding hydrogens is 250 g/mol. The van der Waals surface area contributed by atoms with Crippen molar-refractivity contribution < 1.29 is 5.11 Å². The third-order valence-corrected chi connectivity index (χ3v) is 3.88. The highest BCUT2D eigenvalue weighted by Gasteiger charge is 2.26. The van der Waals surface area contributed by atoms with Gasteiger partial charge < -0.3 is 5.11 Å². The van der Waals surface area contributed by atoms with Crippen molar-refractivity contribution in [3.8, 4) is 11.4 Å². The van der Waals surface area contributed by atoms with Crippen LogP contribution in [0.25, 0.3) is 16.7 Å². The molecule has 0 radical (unpaired) electrons. The number of aromatic nitrogens is 3. The highest BCUT2D eigenvalue weighted by molar-refractivity contribution is 5.79. The van der Waals surface area contributed by atoms with Crippen molar-refractivity contribution in [2.75, 3.05) is 0 Å². The Morgan fingerprint density at radius 2 is 1.50 bits per heavy atom. The number of nitrogens with zero attached hydrogens (tertiary/aromatic N) is 3. The predicted octanol–water partition coefficient (Wildman–Crippen LogP) is 3.42. The summed E-state index contributed by atoms with van der Waals surface area (Å²) in [4.78, 5) is 2.00. The lowest BCUT2D eigenvalue weighted by Gasteiger charge is -2.19. The van der Waals surface area contributed by atoms with Crippen molar-refractivity contribution in [2.45, 2.75) is 26.2 Å². The van der Waals surface area contributed by atoms with Crippen molar-refractivity contribution in [2.24, 2.45) is 0 Å². The van der Waals surface area contributed by atoms with Crippen LogP contribution in [0, 0.1) is 0 Å². The molecule has 0 saturated carbocycles. The van der Waals surface area contributed by atoms with E-state index >= 15 is 0 Å². The molecule has 0 aliphatic rings. The van der Waals surface area contributed by atoms with E-state index in [1.54, 1.807) is 6.07 Å². The van der Waals surface area contributed by atoms with E-state index in [-0.39, 0.29) is 5.41 Å². The monoisotopic (exact) mass is 267 g/mol. The molecule has 0 aliphatic heterocycles. The molecule has 4 nitrogen and oxygen atoms in total. The molecule has 0 unspecified atom stereocenters. The van der Waals surface area contributed by atoms with Gasteiger partial charge in [0.15, 0.2) is 0 Å². The van der Waals surface area contributed by atoms with Gasteiger partial charge in [-0.25, -0.2) is 0 Å². The second kappa shape index (κ2) is 3.39. The highest BCUT2D eigenvalue weighted by Crippen LogP contribution is 2.33. The summed E-state index contributed by atoms with van der Waals surface area (Å²) in [6.45, 7) is 6.53. The molecule has 0 spiro atoms. The van der Waals surface area contributed by atoms with Crippen molar-refractivity contribution in [3.05, 3.63) is 48.0 Å². The van der Waals surface area contributed by atoms with Gasteiger partial charge in [0.1, 0.15) is 22.5 Å². The summed E-state index contributed by atoms with van der Waals surface area (Å²) in [5, 5.41) is 10.2. The summed E-state index contributed by atoms with van der Waals surface area (Å²) in [5.41, 5.74) is 4.45. The van der Waals surface area contributed by atoms with Gasteiger partial charge in [0.05, 0.1) is 0 Å². The average Bonchev–Trinajstić information content (AvgIpc) is 3.04. The lowest BCUT2D eigenvalue weighted by Crippen LogP contribution is -2.11. The smallest absolute Gasteiger partial charge is 0.143 e. The van der Waals surface area contributed by atoms with Crippen molar-refractivity contribution in [1.82, 2.24) is 14.1 Å². The third-order valence-electron chi connectivity index (χ3n) is 3.88. The molecule has 2 aromatic heterocycles. The van der Waals surface area contributed by atoms with Crippen LogP contribution < -0.4 is 0 Å². The molecule has 0 saturated heterocycles. The summed E-state index contributed by atoms with van der Waals surface area (Å²) >= 11 is 0. The molecule has 102 valence electrons. The molecule has 0 atom stereocenters. The second-order valence-corrected chi connectivity index (χ2v) is 6.31. The topological polar surface area (TPSA) is 34.0 Å². The maximum atomic E-state index is 10.2. The Morgan fingerprint density at radius 3 is 2.05 bits per heavy atom. The minimum absolute atomic E-state index is 0.0645. The first-order valence-electron chi connectivity index (χ1n) is 6.81. The number of fused-ring (bicyclic) bond motifs is 4. The molecule has 0 aliphatic carbocycles. The minimum atomic E-state index is 0.0645. The molecule has 0 fully saturated rings. The summed E-state index contributed by atoms with van der Waals surface area (Å²) in [6, 6.07) is 14.0. The van der Waals surface area contributed by atoms with Gasteiger partial charge in [0, 0.05) is 0 Å². The number of benzene rings is 2. The molecule has 1 N–H and O–H groups in total. The molecular formula is C16H17N3O. The normalized spacial score (nSPS) is 12.9. The molecule has 2 heterocycles. The zero-order valence-corrected chi connectivity index (χ0v) is 11.8. The van der Waals surface area contributed by atoms with Crippen LogP contribution in [-0.4, -0.2) is 19.2 Å². The number of hydrogen-bond donors (Lipinski definition) is 1. The van der Waals surface area contributed by atoms with E-state index in [0.29, 0.717) is 5.75 Å². The number of hydrogen-bond acceptors (Lipinski definition) is 1. The van der Waals surface area contributed by atoms with E-state index < -0.39 is 0 Å². The quantitative estimate of drug-likeness (QED) is 0.563. The third kappa shape index (κ3) is 1.36. The van der Waals surface area contributed by atoms with E-state index in [4.69, 9.17) is 0 Å². The fourth-order valence-electron chi connectivity index (χ4n) is 2.65. The Hall–Kier alpha value is -2.36. The van der Waals surface area contributed by atoms with Gasteiger partial charge in [0.2, 0.25) is 0 Å². The van der Waals surface area contributed by atoms with Crippen molar-refractivity contribution in [1.29, 1.82) is 0 Å². The number of phenols is 1. The first-order valence-corrected chi connectivity index (χ1v) is 6.81. The first-order chi connectivity index (χ1) is 9.48. The summed E-state index contributed by atoms with van der Waals surface area (Å²) in [6.07, 6.45) is 0. The summed E-state index contributed by atoms with van der Waals surface area (Å²) in [5.74, 6) is 0.304. The molecule has 4 rings (SSSR count). The lowest BCUT2D eigenvalue weighted by molar-refractivity contribution is 0.470. The van der Waals surface area contributed by atoms with E-state index in [0.717, 1.165) is 5.69 Å². The van der Waals surface area contributed by atoms with Crippen LogP contribution in [0.5, 0.6) is 5.75 Å².